The van der Waals surface area contributed by atoms with Crippen LogP contribution in [0.2, 0.25) is 0 Å². The summed E-state index contributed by atoms with van der Waals surface area (Å²) in [4.78, 5) is 35.7. The number of imide groups is 1. The monoisotopic (exact) mass is 597 g/mol. The number of nitrogens with one attached hydrogen (secondary N) is 1. The van der Waals surface area contributed by atoms with Gasteiger partial charge >= 0.3 is 0 Å². The zero-order chi connectivity index (χ0) is 29.8. The number of carbonyl (C=O) groups is 2. The molecule has 4 atom stereocenters. The third kappa shape index (κ3) is 5.03. The maximum absolute atomic E-state index is 12.4. The summed E-state index contributed by atoms with van der Waals surface area (Å²) in [6, 6.07) is 16.3. The highest BCUT2D eigenvalue weighted by Crippen LogP contribution is 2.40. The first-order valence-electron chi connectivity index (χ1n) is 16.0. The van der Waals surface area contributed by atoms with Gasteiger partial charge in [-0.25, -0.2) is 4.98 Å². The zero-order valence-electron chi connectivity index (χ0n) is 24.9. The van der Waals surface area contributed by atoms with Crippen LogP contribution in [0.25, 0.3) is 10.9 Å². The maximum Gasteiger partial charge on any atom is 0.244 e. The molecule has 2 aromatic carbocycles. The van der Waals surface area contributed by atoms with Crippen LogP contribution in [-0.2, 0) is 27.4 Å². The lowest BCUT2D eigenvalue weighted by Crippen LogP contribution is -2.51. The van der Waals surface area contributed by atoms with Crippen molar-refractivity contribution in [3.05, 3.63) is 65.2 Å². The molecule has 1 aromatic heterocycles. The van der Waals surface area contributed by atoms with Gasteiger partial charge in [0.15, 0.2) is 0 Å². The Morgan fingerprint density at radius 2 is 2.00 bits per heavy atom. The summed E-state index contributed by atoms with van der Waals surface area (Å²) >= 11 is 0. The molecule has 5 aliphatic heterocycles. The molecule has 6 heterocycles. The molecule has 3 aromatic rings. The van der Waals surface area contributed by atoms with Crippen molar-refractivity contribution in [2.75, 3.05) is 37.7 Å². The number of aliphatic hydroxyl groups is 1. The first kappa shape index (κ1) is 27.9. The van der Waals surface area contributed by atoms with Gasteiger partial charge in [0, 0.05) is 56.7 Å². The number of piperidine rings is 1. The molecule has 44 heavy (non-hydrogen) atoms. The Kier molecular flexibility index (Phi) is 7.05. The largest absolute Gasteiger partial charge is 0.489 e. The SMILES string of the molecule is O=C1CCC(N2Cc3cc(O[C@H]4CCN(Cc5ccc6nc(N7CCC[C@@]78CCOC8)ccc6c5)C4)ccc3C2O)C(=O)N1. The van der Waals surface area contributed by atoms with E-state index in [9.17, 15) is 14.7 Å². The number of rotatable bonds is 6. The van der Waals surface area contributed by atoms with E-state index in [0.717, 1.165) is 80.4 Å². The number of ether oxygens (including phenoxy) is 2. The zero-order valence-corrected chi connectivity index (χ0v) is 24.9. The molecular formula is C34H39N5O5. The van der Waals surface area contributed by atoms with E-state index in [1.165, 1.54) is 23.8 Å². The van der Waals surface area contributed by atoms with Crippen LogP contribution in [0.4, 0.5) is 5.82 Å². The number of aliphatic hydroxyl groups excluding tert-OH is 1. The Labute approximate surface area is 256 Å². The second kappa shape index (κ2) is 11.1. The summed E-state index contributed by atoms with van der Waals surface area (Å²) in [5.41, 5.74) is 4.19. The van der Waals surface area contributed by atoms with Crippen LogP contribution in [0, 0.1) is 0 Å². The maximum atomic E-state index is 12.4. The quantitative estimate of drug-likeness (QED) is 0.414. The molecule has 4 saturated heterocycles. The van der Waals surface area contributed by atoms with E-state index >= 15 is 0 Å². The average molecular weight is 598 g/mol. The van der Waals surface area contributed by atoms with E-state index in [1.807, 2.05) is 18.2 Å². The van der Waals surface area contributed by atoms with Crippen molar-refractivity contribution in [3.63, 3.8) is 0 Å². The smallest absolute Gasteiger partial charge is 0.244 e. The minimum atomic E-state index is -0.868. The second-order valence-electron chi connectivity index (χ2n) is 13.1. The summed E-state index contributed by atoms with van der Waals surface area (Å²) in [6.45, 7) is 5.82. The number of hydrogen-bond acceptors (Lipinski definition) is 9. The molecule has 2 unspecified atom stereocenters. The number of carbonyl (C=O) groups excluding carboxylic acids is 2. The molecule has 2 N–H and O–H groups in total. The van der Waals surface area contributed by atoms with Crippen molar-refractivity contribution in [2.45, 2.75) is 75.5 Å². The van der Waals surface area contributed by atoms with Crippen molar-refractivity contribution < 1.29 is 24.2 Å². The minimum Gasteiger partial charge on any atom is -0.489 e. The normalized spacial score (nSPS) is 29.2. The predicted octanol–water partition coefficient (Wildman–Crippen LogP) is 3.26. The van der Waals surface area contributed by atoms with Crippen molar-refractivity contribution >= 4 is 28.5 Å². The van der Waals surface area contributed by atoms with Crippen LogP contribution in [0.3, 0.4) is 0 Å². The van der Waals surface area contributed by atoms with Crippen LogP contribution >= 0.6 is 0 Å². The minimum absolute atomic E-state index is 0.0858. The van der Waals surface area contributed by atoms with Crippen LogP contribution < -0.4 is 15.0 Å². The topological polar surface area (TPSA) is 107 Å². The number of anilines is 1. The summed E-state index contributed by atoms with van der Waals surface area (Å²) in [6.07, 6.45) is 4.34. The van der Waals surface area contributed by atoms with Crippen LogP contribution in [0.15, 0.2) is 48.5 Å². The van der Waals surface area contributed by atoms with Crippen molar-refractivity contribution in [2.24, 2.45) is 0 Å². The summed E-state index contributed by atoms with van der Waals surface area (Å²) in [7, 11) is 0. The van der Waals surface area contributed by atoms with E-state index < -0.39 is 12.3 Å². The van der Waals surface area contributed by atoms with Gasteiger partial charge in [0.25, 0.3) is 0 Å². The van der Waals surface area contributed by atoms with Crippen LogP contribution in [0.5, 0.6) is 5.75 Å². The predicted molar refractivity (Wildman–Crippen MR) is 164 cm³/mol. The van der Waals surface area contributed by atoms with Gasteiger partial charge in [0.1, 0.15) is 23.9 Å². The third-order valence-electron chi connectivity index (χ3n) is 10.3. The number of pyridine rings is 1. The molecule has 5 aliphatic rings. The Balaban J connectivity index is 0.888. The molecule has 10 nitrogen and oxygen atoms in total. The van der Waals surface area contributed by atoms with E-state index in [4.69, 9.17) is 14.5 Å². The number of nitrogens with zero attached hydrogens (tertiary/aromatic N) is 4. The van der Waals surface area contributed by atoms with Gasteiger partial charge in [-0.2, -0.15) is 0 Å². The highest BCUT2D eigenvalue weighted by Gasteiger charge is 2.45. The highest BCUT2D eigenvalue weighted by molar-refractivity contribution is 6.00. The van der Waals surface area contributed by atoms with E-state index in [1.54, 1.807) is 4.90 Å². The second-order valence-corrected chi connectivity index (χ2v) is 13.1. The van der Waals surface area contributed by atoms with E-state index in [-0.39, 0.29) is 29.9 Å². The fourth-order valence-electron chi connectivity index (χ4n) is 7.99. The fraction of sp³-hybridized carbons (Fsp3) is 0.500. The van der Waals surface area contributed by atoms with Gasteiger partial charge in [0.2, 0.25) is 11.8 Å². The molecule has 2 amide bonds. The Bertz CT molecular complexity index is 1600. The van der Waals surface area contributed by atoms with E-state index in [2.05, 4.69) is 45.4 Å². The Morgan fingerprint density at radius 3 is 2.86 bits per heavy atom. The Hall–Kier alpha value is -3.57. The molecule has 230 valence electrons. The molecule has 4 fully saturated rings. The van der Waals surface area contributed by atoms with Gasteiger partial charge in [-0.05, 0) is 79.6 Å². The summed E-state index contributed by atoms with van der Waals surface area (Å²) < 4.78 is 12.2. The van der Waals surface area contributed by atoms with E-state index in [0.29, 0.717) is 13.0 Å². The highest BCUT2D eigenvalue weighted by atomic mass is 16.5. The van der Waals surface area contributed by atoms with Crippen molar-refractivity contribution in [3.8, 4) is 5.75 Å². The summed E-state index contributed by atoms with van der Waals surface area (Å²) in [5.74, 6) is 1.26. The lowest BCUT2D eigenvalue weighted by atomic mass is 9.95. The molecule has 8 rings (SSSR count). The molecule has 0 radical (unpaired) electrons. The van der Waals surface area contributed by atoms with Gasteiger partial charge in [-0.1, -0.05) is 12.1 Å². The number of benzene rings is 2. The standard InChI is InChI=1S/C34H39N5O5/c40-31-9-7-29(32(41)36-31)38-19-24-17-25(4-5-27(24)33(38)42)44-26-10-14-37(20-26)18-22-2-6-28-23(16-22)3-8-30(35-28)39-13-1-11-34(39)12-15-43-21-34/h2-6,8,16-17,26,29,33,42H,1,7,9-15,18-21H2,(H,36,40,41)/t26-,29?,33?,34-/m0/s1. The molecular weight excluding hydrogens is 558 g/mol. The number of amides is 2. The summed E-state index contributed by atoms with van der Waals surface area (Å²) in [5, 5.41) is 14.5. The van der Waals surface area contributed by atoms with Gasteiger partial charge in [0.05, 0.1) is 23.7 Å². The molecule has 1 spiro atoms. The van der Waals surface area contributed by atoms with Crippen molar-refractivity contribution in [1.29, 1.82) is 0 Å². The van der Waals surface area contributed by atoms with Crippen molar-refractivity contribution in [1.82, 2.24) is 20.1 Å². The van der Waals surface area contributed by atoms with Gasteiger partial charge in [-0.3, -0.25) is 24.7 Å². The lowest BCUT2D eigenvalue weighted by Gasteiger charge is -2.34. The Morgan fingerprint density at radius 1 is 1.07 bits per heavy atom. The van der Waals surface area contributed by atoms with Crippen LogP contribution in [0.1, 0.15) is 61.4 Å². The van der Waals surface area contributed by atoms with Gasteiger partial charge < -0.3 is 19.5 Å². The number of likely N-dealkylation sites (tertiary alicyclic amines) is 1. The van der Waals surface area contributed by atoms with Crippen LogP contribution in [-0.4, -0.2) is 82.2 Å². The van der Waals surface area contributed by atoms with Gasteiger partial charge in [-0.15, -0.1) is 0 Å². The number of fused-ring (bicyclic) bond motifs is 2. The first-order chi connectivity index (χ1) is 21.4. The molecule has 0 saturated carbocycles. The fourth-order valence-corrected chi connectivity index (χ4v) is 7.99. The molecule has 0 bridgehead atoms. The third-order valence-corrected chi connectivity index (χ3v) is 10.3. The average Bonchev–Trinajstić information content (AvgIpc) is 3.82. The molecule has 10 heteroatoms. The molecule has 0 aliphatic carbocycles. The first-order valence-corrected chi connectivity index (χ1v) is 16.0. The lowest BCUT2D eigenvalue weighted by molar-refractivity contribution is -0.141. The number of aromatic nitrogens is 1. The number of hydrogen-bond donors (Lipinski definition) is 2.